The highest BCUT2D eigenvalue weighted by Crippen LogP contribution is 2.30. The molecule has 0 saturated heterocycles. The Kier molecular flexibility index (Phi) is 3.98. The van der Waals surface area contributed by atoms with Crippen molar-refractivity contribution < 1.29 is 9.90 Å². The molecule has 0 bridgehead atoms. The van der Waals surface area contributed by atoms with Crippen LogP contribution in [0.1, 0.15) is 15.9 Å². The minimum atomic E-state index is -0.304. The molecule has 2 aromatic carbocycles. The molecule has 0 atom stereocenters. The zero-order valence-corrected chi connectivity index (χ0v) is 11.6. The minimum Gasteiger partial charge on any atom is -0.508 e. The first kappa shape index (κ1) is 13.7. The quantitative estimate of drug-likeness (QED) is 0.870. The lowest BCUT2D eigenvalue weighted by atomic mass is 10.1. The largest absolute Gasteiger partial charge is 0.508 e. The van der Waals surface area contributed by atoms with E-state index in [0.29, 0.717) is 26.9 Å². The maximum atomic E-state index is 12.1. The van der Waals surface area contributed by atoms with Gasteiger partial charge in [0, 0.05) is 5.56 Å². The Morgan fingerprint density at radius 3 is 2.63 bits per heavy atom. The highest BCUT2D eigenvalue weighted by Gasteiger charge is 2.12. The van der Waals surface area contributed by atoms with Crippen LogP contribution in [0.3, 0.4) is 0 Å². The predicted octanol–water partition coefficient (Wildman–Crippen LogP) is 4.26. The van der Waals surface area contributed by atoms with Crippen LogP contribution < -0.4 is 5.32 Å². The van der Waals surface area contributed by atoms with E-state index in [-0.39, 0.29) is 11.7 Å². The summed E-state index contributed by atoms with van der Waals surface area (Å²) in [6.07, 6.45) is 0. The second-order valence-corrected chi connectivity index (χ2v) is 4.84. The Hall–Kier alpha value is -1.71. The van der Waals surface area contributed by atoms with Gasteiger partial charge >= 0.3 is 0 Å². The van der Waals surface area contributed by atoms with Gasteiger partial charge in [0.2, 0.25) is 0 Å². The lowest BCUT2D eigenvalue weighted by Gasteiger charge is -2.10. The number of phenols is 1. The highest BCUT2D eigenvalue weighted by molar-refractivity contribution is 6.44. The number of aryl methyl sites for hydroxylation is 1. The van der Waals surface area contributed by atoms with Crippen LogP contribution >= 0.6 is 23.2 Å². The molecule has 5 heteroatoms. The van der Waals surface area contributed by atoms with Gasteiger partial charge in [-0.3, -0.25) is 4.79 Å². The van der Waals surface area contributed by atoms with Crippen molar-refractivity contribution in [2.75, 3.05) is 5.32 Å². The first-order valence-corrected chi connectivity index (χ1v) is 6.29. The summed E-state index contributed by atoms with van der Waals surface area (Å²) in [7, 11) is 0. The van der Waals surface area contributed by atoms with Crippen LogP contribution in [-0.2, 0) is 0 Å². The third-order valence-corrected chi connectivity index (χ3v) is 3.47. The molecule has 19 heavy (non-hydrogen) atoms. The summed E-state index contributed by atoms with van der Waals surface area (Å²) in [5.74, 6) is -0.184. The molecule has 0 unspecified atom stereocenters. The van der Waals surface area contributed by atoms with Crippen LogP contribution in [0.15, 0.2) is 36.4 Å². The number of anilines is 1. The Labute approximate surface area is 120 Å². The van der Waals surface area contributed by atoms with Gasteiger partial charge in [-0.2, -0.15) is 0 Å². The number of benzene rings is 2. The van der Waals surface area contributed by atoms with Crippen molar-refractivity contribution in [3.8, 4) is 5.75 Å². The third kappa shape index (κ3) is 3.00. The number of halogens is 2. The van der Waals surface area contributed by atoms with Gasteiger partial charge in [-0.1, -0.05) is 29.3 Å². The fraction of sp³-hybridized carbons (Fsp3) is 0.0714. The number of rotatable bonds is 2. The average molecular weight is 296 g/mol. The summed E-state index contributed by atoms with van der Waals surface area (Å²) in [5.41, 5.74) is 1.59. The van der Waals surface area contributed by atoms with E-state index in [2.05, 4.69) is 5.32 Å². The number of hydrogen-bond donors (Lipinski definition) is 2. The molecule has 0 aromatic heterocycles. The first-order chi connectivity index (χ1) is 8.99. The molecule has 98 valence electrons. The van der Waals surface area contributed by atoms with Gasteiger partial charge in [-0.25, -0.2) is 0 Å². The number of aromatic hydroxyl groups is 1. The Morgan fingerprint density at radius 2 is 1.95 bits per heavy atom. The normalized spacial score (nSPS) is 10.3. The van der Waals surface area contributed by atoms with Crippen molar-refractivity contribution in [3.05, 3.63) is 57.6 Å². The summed E-state index contributed by atoms with van der Waals surface area (Å²) in [6.45, 7) is 1.74. The van der Waals surface area contributed by atoms with E-state index < -0.39 is 0 Å². The van der Waals surface area contributed by atoms with E-state index in [4.69, 9.17) is 23.2 Å². The molecule has 2 rings (SSSR count). The molecular weight excluding hydrogens is 285 g/mol. The standard InChI is InChI=1S/C14H11Cl2NO2/c1-8-7-9(18)5-6-10(8)14(19)17-12-4-2-3-11(15)13(12)16/h2-7,18H,1H3,(H,17,19). The zero-order valence-electron chi connectivity index (χ0n) is 10.1. The van der Waals surface area contributed by atoms with E-state index in [1.165, 1.54) is 12.1 Å². The molecule has 0 aliphatic carbocycles. The zero-order chi connectivity index (χ0) is 14.0. The number of nitrogens with one attached hydrogen (secondary N) is 1. The maximum absolute atomic E-state index is 12.1. The molecule has 0 aliphatic rings. The first-order valence-electron chi connectivity index (χ1n) is 5.54. The summed E-state index contributed by atoms with van der Waals surface area (Å²) >= 11 is 11.9. The number of hydrogen-bond acceptors (Lipinski definition) is 2. The molecule has 0 heterocycles. The van der Waals surface area contributed by atoms with Crippen molar-refractivity contribution in [3.63, 3.8) is 0 Å². The summed E-state index contributed by atoms with van der Waals surface area (Å²) in [6, 6.07) is 9.55. The lowest BCUT2D eigenvalue weighted by Crippen LogP contribution is -2.13. The van der Waals surface area contributed by atoms with Crippen LogP contribution in [0.5, 0.6) is 5.75 Å². The third-order valence-electron chi connectivity index (χ3n) is 2.65. The molecule has 2 aromatic rings. The fourth-order valence-electron chi connectivity index (χ4n) is 1.69. The second kappa shape index (κ2) is 5.51. The number of amides is 1. The van der Waals surface area contributed by atoms with Gasteiger partial charge in [0.15, 0.2) is 0 Å². The second-order valence-electron chi connectivity index (χ2n) is 4.05. The molecule has 0 saturated carbocycles. The SMILES string of the molecule is Cc1cc(O)ccc1C(=O)Nc1cccc(Cl)c1Cl. The number of carbonyl (C=O) groups is 1. The molecule has 0 fully saturated rings. The van der Waals surface area contributed by atoms with E-state index in [0.717, 1.165) is 0 Å². The summed E-state index contributed by atoms with van der Waals surface area (Å²) in [4.78, 5) is 12.1. The van der Waals surface area contributed by atoms with E-state index >= 15 is 0 Å². The molecule has 3 nitrogen and oxygen atoms in total. The number of phenolic OH excluding ortho intramolecular Hbond substituents is 1. The van der Waals surface area contributed by atoms with Crippen LogP contribution in [0.2, 0.25) is 10.0 Å². The van der Waals surface area contributed by atoms with Crippen molar-refractivity contribution in [2.24, 2.45) is 0 Å². The lowest BCUT2D eigenvalue weighted by molar-refractivity contribution is 0.102. The smallest absolute Gasteiger partial charge is 0.255 e. The minimum absolute atomic E-state index is 0.120. The summed E-state index contributed by atoms with van der Waals surface area (Å²) in [5, 5.41) is 12.7. The van der Waals surface area contributed by atoms with E-state index in [1.807, 2.05) is 0 Å². The molecule has 1 amide bonds. The van der Waals surface area contributed by atoms with Crippen LogP contribution in [0, 0.1) is 6.92 Å². The van der Waals surface area contributed by atoms with Crippen molar-refractivity contribution in [1.82, 2.24) is 0 Å². The monoisotopic (exact) mass is 295 g/mol. The van der Waals surface area contributed by atoms with Crippen LogP contribution in [-0.4, -0.2) is 11.0 Å². The summed E-state index contributed by atoms with van der Waals surface area (Å²) < 4.78 is 0. The molecule has 0 spiro atoms. The highest BCUT2D eigenvalue weighted by atomic mass is 35.5. The maximum Gasteiger partial charge on any atom is 0.255 e. The molecular formula is C14H11Cl2NO2. The van der Waals surface area contributed by atoms with E-state index in [1.54, 1.807) is 31.2 Å². The van der Waals surface area contributed by atoms with Crippen LogP contribution in [0.4, 0.5) is 5.69 Å². The van der Waals surface area contributed by atoms with Crippen molar-refractivity contribution >= 4 is 34.8 Å². The Morgan fingerprint density at radius 1 is 1.21 bits per heavy atom. The fourth-order valence-corrected chi connectivity index (χ4v) is 2.04. The van der Waals surface area contributed by atoms with Gasteiger partial charge in [0.1, 0.15) is 5.75 Å². The van der Waals surface area contributed by atoms with Gasteiger partial charge in [-0.05, 0) is 42.8 Å². The van der Waals surface area contributed by atoms with Crippen LogP contribution in [0.25, 0.3) is 0 Å². The van der Waals surface area contributed by atoms with Crippen molar-refractivity contribution in [1.29, 1.82) is 0 Å². The van der Waals surface area contributed by atoms with Gasteiger partial charge in [-0.15, -0.1) is 0 Å². The predicted molar refractivity (Wildman–Crippen MR) is 77.3 cm³/mol. The number of carbonyl (C=O) groups excluding carboxylic acids is 1. The van der Waals surface area contributed by atoms with E-state index in [9.17, 15) is 9.90 Å². The molecule has 2 N–H and O–H groups in total. The van der Waals surface area contributed by atoms with Gasteiger partial charge < -0.3 is 10.4 Å². The molecule has 0 radical (unpaired) electrons. The Bertz CT molecular complexity index is 641. The van der Waals surface area contributed by atoms with Gasteiger partial charge in [0.25, 0.3) is 5.91 Å². The van der Waals surface area contributed by atoms with Gasteiger partial charge in [0.05, 0.1) is 15.7 Å². The molecule has 0 aliphatic heterocycles. The van der Waals surface area contributed by atoms with Crippen molar-refractivity contribution in [2.45, 2.75) is 6.92 Å². The Balaban J connectivity index is 2.28. The average Bonchev–Trinajstić information content (AvgIpc) is 2.34. The topological polar surface area (TPSA) is 49.3 Å².